The molecule has 25 heavy (non-hydrogen) atoms. The van der Waals surface area contributed by atoms with Crippen molar-refractivity contribution in [2.24, 2.45) is 0 Å². The maximum atomic E-state index is 4.67. The van der Waals surface area contributed by atoms with E-state index in [2.05, 4.69) is 20.4 Å². The number of fused-ring (bicyclic) bond motifs is 3. The number of para-hydroxylation sites is 2. The predicted octanol–water partition coefficient (Wildman–Crippen LogP) is 3.46. The normalized spacial score (nSPS) is 11.4. The topological polar surface area (TPSA) is 61.4 Å². The molecule has 3 aromatic carbocycles. The Morgan fingerprint density at radius 2 is 1.12 bits per heavy atom. The molecule has 0 amide bonds. The maximum absolute atomic E-state index is 4.67. The van der Waals surface area contributed by atoms with Gasteiger partial charge in [-0.3, -0.25) is 0 Å². The lowest BCUT2D eigenvalue weighted by molar-refractivity contribution is 0.759. The fourth-order valence-electron chi connectivity index (χ4n) is 2.94. The second-order valence-corrected chi connectivity index (χ2v) is 5.91. The summed E-state index contributed by atoms with van der Waals surface area (Å²) in [6.07, 6.45) is 0. The Morgan fingerprint density at radius 3 is 1.76 bits per heavy atom. The van der Waals surface area contributed by atoms with Crippen molar-refractivity contribution in [2.45, 2.75) is 6.92 Å². The maximum Gasteiger partial charge on any atom is 0.143 e. The third kappa shape index (κ3) is 2.19. The monoisotopic (exact) mass is 326 g/mol. The van der Waals surface area contributed by atoms with Crippen molar-refractivity contribution in [3.05, 3.63) is 72.3 Å². The summed E-state index contributed by atoms with van der Waals surface area (Å²) < 4.78 is 0. The van der Waals surface area contributed by atoms with Gasteiger partial charge in [-0.2, -0.15) is 9.59 Å². The van der Waals surface area contributed by atoms with Crippen molar-refractivity contribution in [2.75, 3.05) is 0 Å². The first-order chi connectivity index (χ1) is 12.3. The molecule has 0 saturated carbocycles. The second kappa shape index (κ2) is 5.24. The molecule has 0 saturated heterocycles. The third-order valence-corrected chi connectivity index (χ3v) is 4.18. The Hall–Kier alpha value is -3.54. The summed E-state index contributed by atoms with van der Waals surface area (Å²) in [5, 5.41) is 18.6. The van der Waals surface area contributed by atoms with Gasteiger partial charge in [-0.05, 0) is 42.8 Å². The number of nitrogens with zero attached hydrogens (tertiary/aromatic N) is 6. The van der Waals surface area contributed by atoms with Gasteiger partial charge in [0.25, 0.3) is 0 Å². The number of aryl methyl sites for hydroxylation is 1. The van der Waals surface area contributed by atoms with Crippen LogP contribution in [0, 0.1) is 6.92 Å². The highest BCUT2D eigenvalue weighted by molar-refractivity contribution is 6.01. The molecule has 0 radical (unpaired) electrons. The molecule has 0 aliphatic rings. The zero-order valence-corrected chi connectivity index (χ0v) is 13.5. The first kappa shape index (κ1) is 13.9. The molecule has 0 atom stereocenters. The van der Waals surface area contributed by atoms with Crippen LogP contribution in [0.25, 0.3) is 33.4 Å². The van der Waals surface area contributed by atoms with Crippen LogP contribution in [0.4, 0.5) is 0 Å². The van der Waals surface area contributed by atoms with Crippen LogP contribution in [-0.4, -0.2) is 30.0 Å². The van der Waals surface area contributed by atoms with E-state index >= 15 is 0 Å². The lowest BCUT2D eigenvalue weighted by Gasteiger charge is -1.96. The molecular weight excluding hydrogens is 312 g/mol. The summed E-state index contributed by atoms with van der Waals surface area (Å²) in [6, 6.07) is 21.7. The highest BCUT2D eigenvalue weighted by atomic mass is 15.5. The summed E-state index contributed by atoms with van der Waals surface area (Å²) in [5.74, 6) is 0. The van der Waals surface area contributed by atoms with Crippen LogP contribution in [-0.2, 0) is 0 Å². The van der Waals surface area contributed by atoms with Crippen molar-refractivity contribution < 1.29 is 0 Å². The molecule has 6 nitrogen and oxygen atoms in total. The summed E-state index contributed by atoms with van der Waals surface area (Å²) in [5.41, 5.74) is 6.05. The Labute approximate surface area is 143 Å². The van der Waals surface area contributed by atoms with Gasteiger partial charge < -0.3 is 0 Å². The molecule has 0 aliphatic carbocycles. The zero-order chi connectivity index (χ0) is 16.8. The highest BCUT2D eigenvalue weighted by Gasteiger charge is 2.15. The fourth-order valence-corrected chi connectivity index (χ4v) is 2.94. The molecule has 6 heteroatoms. The van der Waals surface area contributed by atoms with Gasteiger partial charge in [-0.25, -0.2) is 0 Å². The van der Waals surface area contributed by atoms with Gasteiger partial charge in [0.2, 0.25) is 0 Å². The van der Waals surface area contributed by atoms with Crippen molar-refractivity contribution in [1.29, 1.82) is 0 Å². The van der Waals surface area contributed by atoms with Gasteiger partial charge in [0.15, 0.2) is 0 Å². The van der Waals surface area contributed by atoms with Crippen LogP contribution in [0.1, 0.15) is 5.56 Å². The molecule has 0 N–H and O–H groups in total. The largest absolute Gasteiger partial charge is 0.150 e. The Balaban J connectivity index is 1.77. The number of aromatic nitrogens is 6. The quantitative estimate of drug-likeness (QED) is 0.498. The number of hydrogen-bond donors (Lipinski definition) is 0. The molecule has 0 fully saturated rings. The average molecular weight is 326 g/mol. The number of benzene rings is 3. The van der Waals surface area contributed by atoms with Crippen LogP contribution in [0.3, 0.4) is 0 Å². The summed E-state index contributed by atoms with van der Waals surface area (Å²) >= 11 is 0. The second-order valence-electron chi connectivity index (χ2n) is 5.91. The zero-order valence-electron chi connectivity index (χ0n) is 13.5. The van der Waals surface area contributed by atoms with E-state index in [-0.39, 0.29) is 0 Å². The van der Waals surface area contributed by atoms with Crippen molar-refractivity contribution in [3.63, 3.8) is 0 Å². The van der Waals surface area contributed by atoms with Gasteiger partial charge in [0, 0.05) is 0 Å². The van der Waals surface area contributed by atoms with E-state index in [1.807, 2.05) is 73.7 Å². The minimum absolute atomic E-state index is 0.756. The van der Waals surface area contributed by atoms with Gasteiger partial charge in [0.1, 0.15) is 22.1 Å². The van der Waals surface area contributed by atoms with Gasteiger partial charge in [-0.1, -0.05) is 36.4 Å². The molecule has 0 unspecified atom stereocenters. The average Bonchev–Trinajstić information content (AvgIpc) is 3.28. The first-order valence-corrected chi connectivity index (χ1v) is 8.04. The summed E-state index contributed by atoms with van der Waals surface area (Å²) in [6.45, 7) is 2.02. The molecule has 5 rings (SSSR count). The van der Waals surface area contributed by atoms with Crippen LogP contribution in [0.15, 0.2) is 66.7 Å². The molecular formula is C19H14N6. The Morgan fingerprint density at radius 1 is 0.600 bits per heavy atom. The van der Waals surface area contributed by atoms with E-state index in [0.29, 0.717) is 0 Å². The highest BCUT2D eigenvalue weighted by Crippen LogP contribution is 2.25. The fraction of sp³-hybridized carbons (Fsp3) is 0.0526. The third-order valence-electron chi connectivity index (χ3n) is 4.18. The molecule has 0 aliphatic heterocycles. The molecule has 2 aromatic heterocycles. The van der Waals surface area contributed by atoms with E-state index in [1.54, 1.807) is 9.59 Å². The minimum Gasteiger partial charge on any atom is -0.150 e. The van der Waals surface area contributed by atoms with Crippen LogP contribution >= 0.6 is 0 Å². The molecule has 5 aromatic rings. The summed E-state index contributed by atoms with van der Waals surface area (Å²) in [4.78, 5) is 3.30. The smallest absolute Gasteiger partial charge is 0.143 e. The molecule has 0 bridgehead atoms. The SMILES string of the molecule is Cc1cc2nn(-c3ccccc3)nc2c2nn(-c3ccccc3)nc12. The van der Waals surface area contributed by atoms with Gasteiger partial charge in [0.05, 0.1) is 11.4 Å². The number of rotatable bonds is 2. The summed E-state index contributed by atoms with van der Waals surface area (Å²) in [7, 11) is 0. The number of hydrogen-bond acceptors (Lipinski definition) is 4. The predicted molar refractivity (Wildman–Crippen MR) is 96.0 cm³/mol. The van der Waals surface area contributed by atoms with Crippen molar-refractivity contribution in [3.8, 4) is 11.4 Å². The molecule has 0 spiro atoms. The van der Waals surface area contributed by atoms with Gasteiger partial charge >= 0.3 is 0 Å². The lowest BCUT2D eigenvalue weighted by Crippen LogP contribution is -1.98. The van der Waals surface area contributed by atoms with Crippen molar-refractivity contribution in [1.82, 2.24) is 30.0 Å². The van der Waals surface area contributed by atoms with Crippen LogP contribution < -0.4 is 0 Å². The minimum atomic E-state index is 0.756. The Bertz CT molecular complexity index is 1190. The Kier molecular flexibility index (Phi) is 2.90. The van der Waals surface area contributed by atoms with E-state index in [0.717, 1.165) is 39.0 Å². The van der Waals surface area contributed by atoms with E-state index < -0.39 is 0 Å². The first-order valence-electron chi connectivity index (χ1n) is 8.04. The molecule has 2 heterocycles. The van der Waals surface area contributed by atoms with Gasteiger partial charge in [-0.15, -0.1) is 20.4 Å². The lowest BCUT2D eigenvalue weighted by atomic mass is 10.2. The van der Waals surface area contributed by atoms with E-state index in [1.165, 1.54) is 0 Å². The van der Waals surface area contributed by atoms with E-state index in [9.17, 15) is 0 Å². The van der Waals surface area contributed by atoms with Crippen molar-refractivity contribution >= 4 is 22.1 Å². The molecule has 120 valence electrons. The van der Waals surface area contributed by atoms with Crippen LogP contribution in [0.2, 0.25) is 0 Å². The standard InChI is InChI=1S/C19H14N6/c1-13-12-16-18(22-24(20-16)14-8-4-2-5-9-14)19-17(13)21-25(23-19)15-10-6-3-7-11-15/h2-12H,1H3. The van der Waals surface area contributed by atoms with Crippen LogP contribution in [0.5, 0.6) is 0 Å². The van der Waals surface area contributed by atoms with E-state index in [4.69, 9.17) is 0 Å².